The summed E-state index contributed by atoms with van der Waals surface area (Å²) in [4.78, 5) is 15.2. The predicted octanol–water partition coefficient (Wildman–Crippen LogP) is 22.4. The van der Waals surface area contributed by atoms with Gasteiger partial charge in [0.1, 0.15) is 10.9 Å². The average molecular weight is 1080 g/mol. The van der Waals surface area contributed by atoms with Crippen molar-refractivity contribution in [3.8, 4) is 0 Å². The van der Waals surface area contributed by atoms with E-state index in [0.29, 0.717) is 0 Å². The zero-order chi connectivity index (χ0) is 53.0. The Morgan fingerprint density at radius 3 is 0.577 bits per heavy atom. The van der Waals surface area contributed by atoms with Crippen molar-refractivity contribution in [2.24, 2.45) is 0 Å². The predicted molar refractivity (Wildman–Crippen MR) is 329 cm³/mol. The molecule has 12 rings (SSSR count). The molecule has 9 aliphatic rings. The Morgan fingerprint density at radius 1 is 0.295 bits per heavy atom. The molecule has 3 aromatic rings. The van der Waals surface area contributed by atoms with Gasteiger partial charge in [-0.1, -0.05) is 217 Å². The number of rotatable bonds is 13. The number of benzene rings is 3. The highest BCUT2D eigenvalue weighted by molar-refractivity contribution is 7.97. The van der Waals surface area contributed by atoms with E-state index >= 15 is 0 Å². The summed E-state index contributed by atoms with van der Waals surface area (Å²) < 4.78 is 0. The molecule has 0 radical (unpaired) electrons. The standard InChI is InChI=1S/C72H105S.C3H6O2/c1-10-28-52(29-11-1)61-46-64(55-34-16-4-17-35-55)70(65(47-61)56-36-18-5-19-37-56)73(71-66(57-38-20-6-21-39-57)48-62(53-30-12-2-13-31-53)49-67(71)58-40-22-7-23-41-58)72-68(59-42-24-8-25-43-59)50-63(54-32-14-3-15-33-54)51-69(72)60-44-26-9-27-45-60;1-2-3(4)5/h46-60H,1-45H2;2H2,1H3,(H,4,5)/q+1;/p-1. The van der Waals surface area contributed by atoms with Crippen LogP contribution < -0.4 is 5.11 Å². The minimum Gasteiger partial charge on any atom is -0.550 e. The fourth-order valence-electron chi connectivity index (χ4n) is 18.4. The summed E-state index contributed by atoms with van der Waals surface area (Å²) in [6.07, 6.45) is 64.9. The minimum absolute atomic E-state index is 0.111. The molecule has 0 atom stereocenters. The Balaban J connectivity index is 0.00000124. The molecule has 0 unspecified atom stereocenters. The van der Waals surface area contributed by atoms with Crippen molar-refractivity contribution in [2.75, 3.05) is 0 Å². The smallest absolute Gasteiger partial charge is 0.173 e. The number of carbonyl (C=O) groups excluding carboxylic acids is 1. The Labute approximate surface area is 480 Å². The Kier molecular flexibility index (Phi) is 21.0. The van der Waals surface area contributed by atoms with Gasteiger partial charge in [0.05, 0.1) is 0 Å². The highest BCUT2D eigenvalue weighted by atomic mass is 32.2. The monoisotopic (exact) mass is 1070 g/mol. The number of carbonyl (C=O) groups is 1. The summed E-state index contributed by atoms with van der Waals surface area (Å²) in [6, 6.07) is 18.3. The van der Waals surface area contributed by atoms with Crippen LogP contribution >= 0.6 is 0 Å². The van der Waals surface area contributed by atoms with E-state index in [4.69, 9.17) is 0 Å². The Morgan fingerprint density at radius 2 is 0.436 bits per heavy atom. The van der Waals surface area contributed by atoms with E-state index in [2.05, 4.69) is 36.4 Å². The normalized spacial score (nSPS) is 24.3. The van der Waals surface area contributed by atoms with E-state index in [0.717, 1.165) is 53.3 Å². The van der Waals surface area contributed by atoms with Gasteiger partial charge < -0.3 is 9.90 Å². The van der Waals surface area contributed by atoms with E-state index < -0.39 is 5.97 Å². The molecule has 0 aliphatic heterocycles. The van der Waals surface area contributed by atoms with Gasteiger partial charge in [-0.2, -0.15) is 0 Å². The first-order valence-electron chi connectivity index (χ1n) is 35.0. The van der Waals surface area contributed by atoms with Crippen molar-refractivity contribution in [1.82, 2.24) is 0 Å². The number of hydrogen-bond acceptors (Lipinski definition) is 2. The summed E-state index contributed by atoms with van der Waals surface area (Å²) in [5.41, 5.74) is 17.1. The third kappa shape index (κ3) is 13.8. The molecular formula is C75H110O2S. The van der Waals surface area contributed by atoms with Gasteiger partial charge in [0.15, 0.2) is 14.7 Å². The van der Waals surface area contributed by atoms with Crippen molar-refractivity contribution >= 4 is 16.9 Å². The Hall–Kier alpha value is -2.52. The first-order valence-corrected chi connectivity index (χ1v) is 36.2. The van der Waals surface area contributed by atoms with Gasteiger partial charge in [-0.3, -0.25) is 0 Å². The van der Waals surface area contributed by atoms with Gasteiger partial charge >= 0.3 is 0 Å². The summed E-state index contributed by atoms with van der Waals surface area (Å²) in [5.74, 6) is 5.64. The van der Waals surface area contributed by atoms with Crippen LogP contribution in [0.3, 0.4) is 0 Å². The van der Waals surface area contributed by atoms with Crippen molar-refractivity contribution in [3.05, 3.63) is 86.5 Å². The second-order valence-electron chi connectivity index (χ2n) is 28.1. The fourth-order valence-corrected chi connectivity index (χ4v) is 21.8. The van der Waals surface area contributed by atoms with Crippen LogP contribution in [0.25, 0.3) is 0 Å². The molecule has 0 bridgehead atoms. The Bertz CT molecular complexity index is 1970. The molecule has 9 saturated carbocycles. The second-order valence-corrected chi connectivity index (χ2v) is 30.0. The van der Waals surface area contributed by atoms with E-state index in [1.807, 2.05) is 64.8 Å². The maximum Gasteiger partial charge on any atom is 0.173 e. The van der Waals surface area contributed by atoms with Gasteiger partial charge in [0.25, 0.3) is 0 Å². The SMILES string of the molecule is CCC(=O)[O-].c1c(C2CCCCC2)cc(C2CCCCC2)c([S+](c2c(C3CCCCC3)cc(C3CCCCC3)cc2C2CCCCC2)c2c(C3CCCCC3)cc(C3CCCCC3)cc2C2CCCCC2)c1C1CCCCC1. The van der Waals surface area contributed by atoms with Crippen LogP contribution in [0, 0.1) is 0 Å². The molecule has 2 nitrogen and oxygen atoms in total. The summed E-state index contributed by atoms with van der Waals surface area (Å²) in [5, 5.41) is 9.26. The zero-order valence-electron chi connectivity index (χ0n) is 49.9. The third-order valence-corrected chi connectivity index (χ3v) is 25.5. The van der Waals surface area contributed by atoms with Crippen molar-refractivity contribution in [2.45, 2.75) is 370 Å². The van der Waals surface area contributed by atoms with E-state index in [9.17, 15) is 9.90 Å². The molecule has 0 heterocycles. The van der Waals surface area contributed by atoms with Gasteiger partial charge in [0.2, 0.25) is 0 Å². The van der Waals surface area contributed by atoms with Gasteiger partial charge in [-0.25, -0.2) is 0 Å². The second kappa shape index (κ2) is 28.6. The number of carboxylic acids is 1. The fraction of sp³-hybridized carbons (Fsp3) is 0.747. The third-order valence-electron chi connectivity index (χ3n) is 22.9. The quantitative estimate of drug-likeness (QED) is 0.160. The van der Waals surface area contributed by atoms with Crippen LogP contribution in [-0.4, -0.2) is 5.97 Å². The molecular weight excluding hydrogens is 965 g/mol. The highest BCUT2D eigenvalue weighted by Crippen LogP contribution is 2.58. The molecule has 0 saturated heterocycles. The van der Waals surface area contributed by atoms with Crippen LogP contribution in [0.15, 0.2) is 51.1 Å². The number of aliphatic carboxylic acids is 1. The summed E-state index contributed by atoms with van der Waals surface area (Å²) in [7, 11) is -0.134. The number of carboxylic acid groups (broad SMARTS) is 1. The van der Waals surface area contributed by atoms with Crippen LogP contribution in [0.4, 0.5) is 0 Å². The maximum atomic E-state index is 9.26. The lowest BCUT2D eigenvalue weighted by Gasteiger charge is -2.36. The lowest BCUT2D eigenvalue weighted by Crippen LogP contribution is -2.26. The lowest BCUT2D eigenvalue weighted by atomic mass is 9.75. The van der Waals surface area contributed by atoms with Crippen molar-refractivity contribution in [3.63, 3.8) is 0 Å². The first-order chi connectivity index (χ1) is 38.5. The van der Waals surface area contributed by atoms with E-state index in [-0.39, 0.29) is 17.3 Å². The molecule has 0 spiro atoms. The molecule has 0 N–H and O–H groups in total. The average Bonchev–Trinajstić information content (AvgIpc) is 3.67. The molecule has 428 valence electrons. The van der Waals surface area contributed by atoms with Crippen LogP contribution in [-0.2, 0) is 15.7 Å². The van der Waals surface area contributed by atoms with Crippen molar-refractivity contribution < 1.29 is 9.90 Å². The molecule has 0 aromatic heterocycles. The van der Waals surface area contributed by atoms with Gasteiger partial charge in [-0.05, 0) is 192 Å². The molecule has 3 heteroatoms. The molecule has 78 heavy (non-hydrogen) atoms. The zero-order valence-corrected chi connectivity index (χ0v) is 50.7. The van der Waals surface area contributed by atoms with Crippen LogP contribution in [0.5, 0.6) is 0 Å². The van der Waals surface area contributed by atoms with E-state index in [1.165, 1.54) is 296 Å². The largest absolute Gasteiger partial charge is 0.550 e. The first kappa shape index (κ1) is 57.3. The topological polar surface area (TPSA) is 40.1 Å². The molecule has 3 aromatic carbocycles. The molecule has 9 fully saturated rings. The molecule has 0 amide bonds. The van der Waals surface area contributed by atoms with Crippen LogP contribution in [0.2, 0.25) is 0 Å². The summed E-state index contributed by atoms with van der Waals surface area (Å²) >= 11 is 0. The van der Waals surface area contributed by atoms with Crippen molar-refractivity contribution in [1.29, 1.82) is 0 Å². The molecule has 9 aliphatic carbocycles. The maximum absolute atomic E-state index is 9.26. The highest BCUT2D eigenvalue weighted by Gasteiger charge is 2.48. The van der Waals surface area contributed by atoms with Gasteiger partial charge in [-0.15, -0.1) is 0 Å². The van der Waals surface area contributed by atoms with Gasteiger partial charge in [0, 0.05) is 39.4 Å². The lowest BCUT2D eigenvalue weighted by molar-refractivity contribution is -0.305. The van der Waals surface area contributed by atoms with Crippen LogP contribution in [0.1, 0.15) is 406 Å². The summed E-state index contributed by atoms with van der Waals surface area (Å²) in [6.45, 7) is 1.54. The number of hydrogen-bond donors (Lipinski definition) is 0. The minimum atomic E-state index is -0.995. The van der Waals surface area contributed by atoms with E-state index in [1.54, 1.807) is 0 Å².